The number of methoxy groups -OCH3 is 1. The molecule has 0 radical (unpaired) electrons. The van der Waals surface area contributed by atoms with E-state index < -0.39 is 11.8 Å². The summed E-state index contributed by atoms with van der Waals surface area (Å²) in [5.41, 5.74) is 5.05. The third-order valence-electron chi connectivity index (χ3n) is 6.51. The first-order valence-electron chi connectivity index (χ1n) is 12.0. The van der Waals surface area contributed by atoms with Crippen LogP contribution in [0.1, 0.15) is 46.2 Å². The first-order valence-corrected chi connectivity index (χ1v) is 12.0. The van der Waals surface area contributed by atoms with Crippen molar-refractivity contribution in [3.8, 4) is 28.3 Å². The van der Waals surface area contributed by atoms with Crippen molar-refractivity contribution in [2.75, 3.05) is 12.4 Å². The summed E-state index contributed by atoms with van der Waals surface area (Å²) >= 11 is 0. The summed E-state index contributed by atoms with van der Waals surface area (Å²) in [5.74, 6) is -2.67. The zero-order valence-electron chi connectivity index (χ0n) is 21.4. The van der Waals surface area contributed by atoms with Crippen LogP contribution in [-0.2, 0) is 5.92 Å². The number of hydrogen-bond acceptors (Lipinski definition) is 3. The summed E-state index contributed by atoms with van der Waals surface area (Å²) < 4.78 is 34.7. The second kappa shape index (κ2) is 10.0. The van der Waals surface area contributed by atoms with Gasteiger partial charge in [-0.05, 0) is 65.6 Å². The summed E-state index contributed by atoms with van der Waals surface area (Å²) in [6, 6.07) is 17.1. The minimum Gasteiger partial charge on any atom is -0.496 e. The Bertz CT molecular complexity index is 1460. The van der Waals surface area contributed by atoms with Crippen molar-refractivity contribution in [1.29, 1.82) is 0 Å². The van der Waals surface area contributed by atoms with E-state index in [1.165, 1.54) is 31.2 Å². The number of alkyl halides is 2. The van der Waals surface area contributed by atoms with Crippen LogP contribution in [0.3, 0.4) is 0 Å². The van der Waals surface area contributed by atoms with Gasteiger partial charge in [0, 0.05) is 30.2 Å². The zero-order valence-corrected chi connectivity index (χ0v) is 21.4. The van der Waals surface area contributed by atoms with E-state index in [0.29, 0.717) is 22.8 Å². The molecule has 0 saturated heterocycles. The molecular formula is C29H30F2N3O3+. The van der Waals surface area contributed by atoms with Gasteiger partial charge in [0.2, 0.25) is 0 Å². The number of nitrogens with zero attached hydrogens (tertiary/aromatic N) is 1. The molecule has 0 fully saturated rings. The summed E-state index contributed by atoms with van der Waals surface area (Å²) in [6.45, 7) is 7.10. The maximum atomic E-state index is 14.1. The number of ether oxygens (including phenoxy) is 1. The molecule has 1 amide bonds. The Morgan fingerprint density at radius 2 is 1.73 bits per heavy atom. The maximum absolute atomic E-state index is 14.1. The Labute approximate surface area is 214 Å². The molecular weight excluding hydrogens is 476 g/mol. The van der Waals surface area contributed by atoms with Crippen molar-refractivity contribution in [1.82, 2.24) is 4.98 Å². The van der Waals surface area contributed by atoms with Crippen LogP contribution in [0.5, 0.6) is 5.75 Å². The molecule has 0 spiro atoms. The number of benzene rings is 3. The number of anilines is 1. The van der Waals surface area contributed by atoms with Crippen LogP contribution < -0.4 is 14.8 Å². The summed E-state index contributed by atoms with van der Waals surface area (Å²) in [6.07, 6.45) is -0.354. The van der Waals surface area contributed by atoms with E-state index in [4.69, 9.17) is 4.74 Å². The van der Waals surface area contributed by atoms with Gasteiger partial charge in [-0.25, -0.2) is 13.8 Å². The molecule has 0 atom stereocenters. The Kier molecular flexibility index (Phi) is 7.03. The lowest BCUT2D eigenvalue weighted by atomic mass is 9.93. The number of carbonyl (C=O) groups excluding carboxylic acids is 1. The van der Waals surface area contributed by atoms with Crippen molar-refractivity contribution in [2.45, 2.75) is 40.0 Å². The third-order valence-corrected chi connectivity index (χ3v) is 6.51. The first kappa shape index (κ1) is 25.9. The molecule has 0 unspecified atom stereocenters. The minimum absolute atomic E-state index is 0.0351. The van der Waals surface area contributed by atoms with E-state index in [-0.39, 0.29) is 23.4 Å². The molecule has 1 aromatic heterocycles. The Hall–Kier alpha value is -4.20. The van der Waals surface area contributed by atoms with Crippen LogP contribution in [0, 0.1) is 20.8 Å². The summed E-state index contributed by atoms with van der Waals surface area (Å²) in [5, 5.41) is 13.6. The molecule has 0 aliphatic carbocycles. The van der Waals surface area contributed by atoms with Gasteiger partial charge in [0.15, 0.2) is 5.69 Å². The molecule has 8 heteroatoms. The molecule has 37 heavy (non-hydrogen) atoms. The van der Waals surface area contributed by atoms with Gasteiger partial charge in [-0.3, -0.25) is 4.79 Å². The summed E-state index contributed by atoms with van der Waals surface area (Å²) in [7, 11) is 1.60. The second-order valence-electron chi connectivity index (χ2n) is 9.03. The number of imidazole rings is 1. The van der Waals surface area contributed by atoms with Crippen molar-refractivity contribution >= 4 is 11.6 Å². The molecule has 0 saturated carbocycles. The number of aryl methyl sites for hydroxylation is 3. The zero-order chi connectivity index (χ0) is 26.9. The molecule has 4 rings (SSSR count). The van der Waals surface area contributed by atoms with Gasteiger partial charge < -0.3 is 15.3 Å². The molecule has 3 aromatic carbocycles. The number of aromatic amines is 1. The molecule has 1 heterocycles. The highest BCUT2D eigenvalue weighted by molar-refractivity contribution is 6.02. The molecule has 0 aliphatic heterocycles. The SMILES string of the molecule is CCC(F)(F)c1cccc(NC(=O)c2c(C)[nH]c(-c3ccc(OC)c(-c4c(C)cccc4C)c3)[n+]2O)c1. The number of H-pyrrole nitrogens is 1. The highest BCUT2D eigenvalue weighted by Gasteiger charge is 2.32. The average Bonchev–Trinajstić information content (AvgIpc) is 3.17. The van der Waals surface area contributed by atoms with E-state index >= 15 is 0 Å². The topological polar surface area (TPSA) is 78.2 Å². The first-order chi connectivity index (χ1) is 17.6. The maximum Gasteiger partial charge on any atom is 0.327 e. The lowest BCUT2D eigenvalue weighted by Crippen LogP contribution is -2.39. The lowest BCUT2D eigenvalue weighted by Gasteiger charge is -2.15. The fourth-order valence-corrected chi connectivity index (χ4v) is 4.53. The third kappa shape index (κ3) is 4.91. The van der Waals surface area contributed by atoms with Gasteiger partial charge in [0.1, 0.15) is 5.75 Å². The number of aromatic nitrogens is 2. The molecule has 0 bridgehead atoms. The van der Waals surface area contributed by atoms with E-state index in [1.807, 2.05) is 44.2 Å². The van der Waals surface area contributed by atoms with Gasteiger partial charge in [-0.1, -0.05) is 37.3 Å². The smallest absolute Gasteiger partial charge is 0.327 e. The molecule has 4 aromatic rings. The quantitative estimate of drug-likeness (QED) is 0.196. The van der Waals surface area contributed by atoms with E-state index in [9.17, 15) is 18.8 Å². The fourth-order valence-electron chi connectivity index (χ4n) is 4.53. The highest BCUT2D eigenvalue weighted by Crippen LogP contribution is 2.37. The van der Waals surface area contributed by atoms with Gasteiger partial charge in [0.05, 0.1) is 12.7 Å². The standard InChI is InChI=1S/C29H29F2N3O3/c1-6-29(30,31)21-11-8-12-22(16-21)33-28(35)26-19(4)32-27(34(26)36)20-13-14-24(37-5)23(15-20)25-17(2)9-7-10-18(25)3/h7-16,36H,6H2,1-5H3,(H,33,35)/p+1. The largest absolute Gasteiger partial charge is 0.496 e. The van der Waals surface area contributed by atoms with E-state index in [2.05, 4.69) is 10.3 Å². The molecule has 192 valence electrons. The minimum atomic E-state index is -3.00. The van der Waals surface area contributed by atoms with E-state index in [1.54, 1.807) is 20.1 Å². The molecule has 3 N–H and O–H groups in total. The number of rotatable bonds is 7. The summed E-state index contributed by atoms with van der Waals surface area (Å²) in [4.78, 5) is 16.2. The Balaban J connectivity index is 1.72. The van der Waals surface area contributed by atoms with Crippen LogP contribution in [0.4, 0.5) is 14.5 Å². The average molecular weight is 507 g/mol. The van der Waals surface area contributed by atoms with Gasteiger partial charge in [-0.2, -0.15) is 0 Å². The number of amides is 1. The van der Waals surface area contributed by atoms with Crippen molar-refractivity contribution in [3.63, 3.8) is 0 Å². The van der Waals surface area contributed by atoms with Gasteiger partial charge in [-0.15, -0.1) is 0 Å². The predicted molar refractivity (Wildman–Crippen MR) is 138 cm³/mol. The Morgan fingerprint density at radius 3 is 2.38 bits per heavy atom. The number of carbonyl (C=O) groups is 1. The van der Waals surface area contributed by atoms with E-state index in [0.717, 1.165) is 27.0 Å². The van der Waals surface area contributed by atoms with Gasteiger partial charge >= 0.3 is 11.7 Å². The monoisotopic (exact) mass is 506 g/mol. The van der Waals surface area contributed by atoms with Crippen molar-refractivity contribution in [2.24, 2.45) is 0 Å². The Morgan fingerprint density at radius 1 is 1.05 bits per heavy atom. The van der Waals surface area contributed by atoms with Crippen LogP contribution in [-0.4, -0.2) is 23.2 Å². The lowest BCUT2D eigenvalue weighted by molar-refractivity contribution is -0.896. The highest BCUT2D eigenvalue weighted by atomic mass is 19.3. The molecule has 0 aliphatic rings. The molecule has 6 nitrogen and oxygen atoms in total. The predicted octanol–water partition coefficient (Wildman–Crippen LogP) is 6.56. The number of hydrogen-bond donors (Lipinski definition) is 3. The van der Waals surface area contributed by atoms with Gasteiger partial charge in [0.25, 0.3) is 11.6 Å². The van der Waals surface area contributed by atoms with Crippen LogP contribution in [0.2, 0.25) is 0 Å². The fraction of sp³-hybridized carbons (Fsp3) is 0.241. The van der Waals surface area contributed by atoms with Crippen LogP contribution >= 0.6 is 0 Å². The van der Waals surface area contributed by atoms with Crippen molar-refractivity contribution in [3.05, 3.63) is 88.7 Å². The van der Waals surface area contributed by atoms with Crippen LogP contribution in [0.15, 0.2) is 60.7 Å². The number of halogens is 2. The normalized spacial score (nSPS) is 11.4. The number of nitrogens with one attached hydrogen (secondary N) is 2. The van der Waals surface area contributed by atoms with Crippen LogP contribution in [0.25, 0.3) is 22.5 Å². The second-order valence-corrected chi connectivity index (χ2v) is 9.03. The van der Waals surface area contributed by atoms with Crippen molar-refractivity contribution < 1.29 is 28.2 Å².